The van der Waals surface area contributed by atoms with Gasteiger partial charge in [-0.15, -0.1) is 0 Å². The fraction of sp³-hybridized carbons (Fsp3) is 0.588. The van der Waals surface area contributed by atoms with Gasteiger partial charge in [0.25, 0.3) is 0 Å². The molecule has 1 N–H and O–H groups in total. The Morgan fingerprint density at radius 2 is 1.65 bits per heavy atom. The minimum Gasteiger partial charge on any atom is -0.505 e. The highest BCUT2D eigenvalue weighted by Gasteiger charge is 2.30. The van der Waals surface area contributed by atoms with Gasteiger partial charge in [-0.3, -0.25) is 4.79 Å². The molecule has 4 nitrogen and oxygen atoms in total. The van der Waals surface area contributed by atoms with Gasteiger partial charge in [-0.1, -0.05) is 0 Å². The van der Waals surface area contributed by atoms with Crippen molar-refractivity contribution in [3.05, 3.63) is 23.8 Å². The molecule has 6 heteroatoms. The third kappa shape index (κ3) is 3.41. The summed E-state index contributed by atoms with van der Waals surface area (Å²) in [7, 11) is 0. The second-order valence-corrected chi connectivity index (χ2v) is 6.40. The number of rotatable bonds is 2. The van der Waals surface area contributed by atoms with Gasteiger partial charge in [0, 0.05) is 44.2 Å². The minimum atomic E-state index is -0.826. The zero-order valence-electron chi connectivity index (χ0n) is 13.1. The lowest BCUT2D eigenvalue weighted by Crippen LogP contribution is -2.44. The van der Waals surface area contributed by atoms with Crippen LogP contribution in [0.25, 0.3) is 0 Å². The van der Waals surface area contributed by atoms with E-state index in [4.69, 9.17) is 0 Å². The van der Waals surface area contributed by atoms with E-state index in [9.17, 15) is 18.7 Å². The molecule has 0 saturated carbocycles. The smallest absolute Gasteiger partial charge is 0.225 e. The highest BCUT2D eigenvalue weighted by molar-refractivity contribution is 5.79. The molecular weight excluding hydrogens is 302 g/mol. The Labute approximate surface area is 134 Å². The number of piperidine rings is 2. The lowest BCUT2D eigenvalue weighted by molar-refractivity contribution is -0.137. The number of halogens is 2. The highest BCUT2D eigenvalue weighted by Crippen LogP contribution is 2.30. The lowest BCUT2D eigenvalue weighted by Gasteiger charge is -2.36. The highest BCUT2D eigenvalue weighted by atomic mass is 19.1. The van der Waals surface area contributed by atoms with Gasteiger partial charge in [-0.25, -0.2) is 8.78 Å². The zero-order valence-corrected chi connectivity index (χ0v) is 13.1. The van der Waals surface area contributed by atoms with Crippen molar-refractivity contribution in [3.8, 4) is 5.75 Å². The Hall–Kier alpha value is -1.85. The number of anilines is 1. The monoisotopic (exact) mass is 324 g/mol. The third-order valence-corrected chi connectivity index (χ3v) is 4.87. The molecule has 2 aliphatic heterocycles. The van der Waals surface area contributed by atoms with E-state index in [-0.39, 0.29) is 17.5 Å². The molecule has 0 unspecified atom stereocenters. The van der Waals surface area contributed by atoms with Crippen molar-refractivity contribution in [2.24, 2.45) is 5.92 Å². The van der Waals surface area contributed by atoms with E-state index in [0.717, 1.165) is 38.1 Å². The van der Waals surface area contributed by atoms with Crippen LogP contribution in [0.1, 0.15) is 32.1 Å². The van der Waals surface area contributed by atoms with Crippen LogP contribution in [-0.4, -0.2) is 42.1 Å². The number of amides is 1. The Balaban J connectivity index is 1.62. The van der Waals surface area contributed by atoms with E-state index in [2.05, 4.69) is 0 Å². The molecule has 3 rings (SSSR count). The molecule has 0 bridgehead atoms. The molecule has 126 valence electrons. The summed E-state index contributed by atoms with van der Waals surface area (Å²) in [5.74, 6) is -1.95. The van der Waals surface area contributed by atoms with Gasteiger partial charge in [-0.2, -0.15) is 0 Å². The van der Waals surface area contributed by atoms with Crippen LogP contribution in [0.5, 0.6) is 5.75 Å². The van der Waals surface area contributed by atoms with Crippen LogP contribution < -0.4 is 4.90 Å². The topological polar surface area (TPSA) is 43.8 Å². The second kappa shape index (κ2) is 6.72. The number of hydrogen-bond donors (Lipinski definition) is 1. The van der Waals surface area contributed by atoms with E-state index >= 15 is 0 Å². The first-order chi connectivity index (χ1) is 11.1. The molecule has 2 saturated heterocycles. The van der Waals surface area contributed by atoms with Gasteiger partial charge in [0.15, 0.2) is 11.6 Å². The van der Waals surface area contributed by atoms with Gasteiger partial charge in [0.05, 0.1) is 5.69 Å². The normalized spacial score (nSPS) is 19.9. The van der Waals surface area contributed by atoms with Gasteiger partial charge in [-0.05, 0) is 32.1 Å². The molecule has 0 spiro atoms. The lowest BCUT2D eigenvalue weighted by atomic mass is 9.94. The van der Waals surface area contributed by atoms with Crippen LogP contribution in [0.2, 0.25) is 0 Å². The summed E-state index contributed by atoms with van der Waals surface area (Å²) in [6.07, 6.45) is 4.63. The van der Waals surface area contributed by atoms with E-state index in [1.807, 2.05) is 4.90 Å². The number of carbonyl (C=O) groups is 1. The average Bonchev–Trinajstić information content (AvgIpc) is 2.58. The second-order valence-electron chi connectivity index (χ2n) is 6.40. The molecule has 0 atom stereocenters. The molecule has 0 aromatic heterocycles. The standard InChI is InChI=1S/C17H22F2N2O2/c18-13-11-16(22)14(19)10-15(13)20-8-4-12(5-9-20)17(23)21-6-2-1-3-7-21/h10-12,22H,1-9H2. The maximum absolute atomic E-state index is 13.9. The Morgan fingerprint density at radius 1 is 1.00 bits per heavy atom. The molecule has 2 heterocycles. The van der Waals surface area contributed by atoms with Crippen LogP contribution in [0.15, 0.2) is 12.1 Å². The van der Waals surface area contributed by atoms with Crippen molar-refractivity contribution in [1.82, 2.24) is 4.90 Å². The van der Waals surface area contributed by atoms with Gasteiger partial charge >= 0.3 is 0 Å². The van der Waals surface area contributed by atoms with E-state index in [0.29, 0.717) is 25.9 Å². The maximum atomic E-state index is 13.9. The number of phenols is 1. The molecule has 2 aliphatic rings. The van der Waals surface area contributed by atoms with E-state index in [1.54, 1.807) is 4.90 Å². The number of carbonyl (C=O) groups excluding carboxylic acids is 1. The van der Waals surface area contributed by atoms with Crippen molar-refractivity contribution < 1.29 is 18.7 Å². The Kier molecular flexibility index (Phi) is 4.68. The number of likely N-dealkylation sites (tertiary alicyclic amines) is 1. The molecule has 2 fully saturated rings. The number of hydrogen-bond acceptors (Lipinski definition) is 3. The maximum Gasteiger partial charge on any atom is 0.225 e. The van der Waals surface area contributed by atoms with Gasteiger partial charge < -0.3 is 14.9 Å². The van der Waals surface area contributed by atoms with Crippen LogP contribution in [0.3, 0.4) is 0 Å². The Bertz CT molecular complexity index is 580. The van der Waals surface area contributed by atoms with Crippen molar-refractivity contribution in [2.45, 2.75) is 32.1 Å². The first-order valence-electron chi connectivity index (χ1n) is 8.28. The molecular formula is C17H22F2N2O2. The molecule has 1 amide bonds. The number of phenolic OH excluding ortho intramolecular Hbond substituents is 1. The third-order valence-electron chi connectivity index (χ3n) is 4.87. The van der Waals surface area contributed by atoms with Gasteiger partial charge in [0.2, 0.25) is 5.91 Å². The molecule has 1 aromatic rings. The number of benzene rings is 1. The van der Waals surface area contributed by atoms with Crippen molar-refractivity contribution in [1.29, 1.82) is 0 Å². The Morgan fingerprint density at radius 3 is 2.30 bits per heavy atom. The summed E-state index contributed by atoms with van der Waals surface area (Å²) in [6.45, 7) is 2.73. The van der Waals surface area contributed by atoms with Crippen LogP contribution in [0.4, 0.5) is 14.5 Å². The summed E-state index contributed by atoms with van der Waals surface area (Å²) in [6, 6.07) is 1.83. The zero-order chi connectivity index (χ0) is 16.4. The first kappa shape index (κ1) is 16.0. The largest absolute Gasteiger partial charge is 0.505 e. The number of aromatic hydroxyl groups is 1. The van der Waals surface area contributed by atoms with Crippen LogP contribution in [-0.2, 0) is 4.79 Å². The van der Waals surface area contributed by atoms with Crippen LogP contribution in [0, 0.1) is 17.6 Å². The quantitative estimate of drug-likeness (QED) is 0.910. The summed E-state index contributed by atoms with van der Waals surface area (Å²) in [4.78, 5) is 16.2. The SMILES string of the molecule is O=C(C1CCN(c2cc(F)c(O)cc2F)CC1)N1CCCCC1. The molecule has 0 aliphatic carbocycles. The molecule has 0 radical (unpaired) electrons. The molecule has 1 aromatic carbocycles. The summed E-state index contributed by atoms with van der Waals surface area (Å²) in [5, 5.41) is 9.20. The van der Waals surface area contributed by atoms with E-state index < -0.39 is 17.4 Å². The first-order valence-corrected chi connectivity index (χ1v) is 8.28. The summed E-state index contributed by atoms with van der Waals surface area (Å²) >= 11 is 0. The average molecular weight is 324 g/mol. The summed E-state index contributed by atoms with van der Waals surface area (Å²) < 4.78 is 27.4. The molecule has 23 heavy (non-hydrogen) atoms. The summed E-state index contributed by atoms with van der Waals surface area (Å²) in [5.41, 5.74) is 0.157. The van der Waals surface area contributed by atoms with Gasteiger partial charge in [0.1, 0.15) is 5.82 Å². The van der Waals surface area contributed by atoms with Crippen molar-refractivity contribution >= 4 is 11.6 Å². The fourth-order valence-corrected chi connectivity index (χ4v) is 3.51. The van der Waals surface area contributed by atoms with E-state index in [1.165, 1.54) is 6.42 Å². The van der Waals surface area contributed by atoms with Crippen molar-refractivity contribution in [3.63, 3.8) is 0 Å². The predicted octanol–water partition coefficient (Wildman–Crippen LogP) is 2.90. The fourth-order valence-electron chi connectivity index (χ4n) is 3.51. The minimum absolute atomic E-state index is 0.0191. The predicted molar refractivity (Wildman–Crippen MR) is 83.4 cm³/mol. The van der Waals surface area contributed by atoms with Crippen molar-refractivity contribution in [2.75, 3.05) is 31.1 Å². The van der Waals surface area contributed by atoms with Crippen LogP contribution >= 0.6 is 0 Å². The number of nitrogens with zero attached hydrogens (tertiary/aromatic N) is 2.